The molecule has 24 heavy (non-hydrogen) atoms. The lowest BCUT2D eigenvalue weighted by molar-refractivity contribution is 0.735. The number of rotatable bonds is 5. The third kappa shape index (κ3) is 3.06. The topological polar surface area (TPSA) is 27.3 Å². The van der Waals surface area contributed by atoms with Crippen molar-refractivity contribution in [1.82, 2.24) is 0 Å². The molecule has 0 radical (unpaired) electrons. The molecule has 4 rings (SSSR count). The summed E-state index contributed by atoms with van der Waals surface area (Å²) < 4.78 is 0. The summed E-state index contributed by atoms with van der Waals surface area (Å²) in [6, 6.07) is 29.3. The van der Waals surface area contributed by atoms with Gasteiger partial charge in [-0.1, -0.05) is 54.6 Å². The first-order chi connectivity index (χ1) is 11.9. The standard InChI is InChI=1S/C21H21N3/c1-3-10-18(11-4-1)22-21(23-19-12-5-2-6-13-19)24-16-15-17-9-7-8-14-20(17)24/h1-14,21-23H,15-16H2. The first-order valence-corrected chi connectivity index (χ1v) is 8.38. The van der Waals surface area contributed by atoms with E-state index in [1.54, 1.807) is 0 Å². The summed E-state index contributed by atoms with van der Waals surface area (Å²) in [4.78, 5) is 2.40. The summed E-state index contributed by atoms with van der Waals surface area (Å²) in [5, 5.41) is 7.25. The Morgan fingerprint density at radius 2 is 1.21 bits per heavy atom. The normalized spacial score (nSPS) is 13.0. The van der Waals surface area contributed by atoms with Gasteiger partial charge in [-0.05, 0) is 42.3 Å². The zero-order valence-electron chi connectivity index (χ0n) is 13.5. The van der Waals surface area contributed by atoms with Crippen molar-refractivity contribution in [3.05, 3.63) is 90.5 Å². The first kappa shape index (κ1) is 14.6. The number of nitrogens with one attached hydrogen (secondary N) is 2. The number of hydrogen-bond donors (Lipinski definition) is 2. The van der Waals surface area contributed by atoms with Crippen LogP contribution in [-0.2, 0) is 6.42 Å². The van der Waals surface area contributed by atoms with Crippen LogP contribution in [0.2, 0.25) is 0 Å². The van der Waals surface area contributed by atoms with Gasteiger partial charge in [0.25, 0.3) is 0 Å². The number of nitrogens with zero attached hydrogens (tertiary/aromatic N) is 1. The van der Waals surface area contributed by atoms with Crippen molar-refractivity contribution >= 4 is 17.1 Å². The molecule has 1 heterocycles. The average molecular weight is 315 g/mol. The van der Waals surface area contributed by atoms with Gasteiger partial charge in [0.05, 0.1) is 0 Å². The monoisotopic (exact) mass is 315 g/mol. The van der Waals surface area contributed by atoms with Gasteiger partial charge in [0.1, 0.15) is 0 Å². The Labute approximate surface area is 142 Å². The molecule has 1 aliphatic rings. The second-order valence-corrected chi connectivity index (χ2v) is 6.00. The predicted molar refractivity (Wildman–Crippen MR) is 101 cm³/mol. The molecule has 2 N–H and O–H groups in total. The van der Waals surface area contributed by atoms with E-state index in [9.17, 15) is 0 Å². The summed E-state index contributed by atoms with van der Waals surface area (Å²) in [7, 11) is 0. The number of benzene rings is 3. The van der Waals surface area contributed by atoms with Crippen LogP contribution in [0.3, 0.4) is 0 Å². The zero-order valence-corrected chi connectivity index (χ0v) is 13.5. The van der Waals surface area contributed by atoms with Crippen LogP contribution in [0.15, 0.2) is 84.9 Å². The van der Waals surface area contributed by atoms with Crippen LogP contribution in [0.5, 0.6) is 0 Å². The molecule has 1 aliphatic heterocycles. The van der Waals surface area contributed by atoms with Gasteiger partial charge in [0, 0.05) is 23.6 Å². The maximum Gasteiger partial charge on any atom is 0.176 e. The first-order valence-electron chi connectivity index (χ1n) is 8.38. The SMILES string of the molecule is c1ccc(NC(Nc2ccccc2)N2CCc3ccccc32)cc1. The van der Waals surface area contributed by atoms with Crippen molar-refractivity contribution in [1.29, 1.82) is 0 Å². The molecule has 0 spiro atoms. The van der Waals surface area contributed by atoms with E-state index >= 15 is 0 Å². The quantitative estimate of drug-likeness (QED) is 0.676. The lowest BCUT2D eigenvalue weighted by Gasteiger charge is -2.33. The molecule has 0 unspecified atom stereocenters. The number of hydrogen-bond acceptors (Lipinski definition) is 3. The number of para-hydroxylation sites is 3. The highest BCUT2D eigenvalue weighted by atomic mass is 15.4. The van der Waals surface area contributed by atoms with Crippen LogP contribution >= 0.6 is 0 Å². The highest BCUT2D eigenvalue weighted by Crippen LogP contribution is 2.30. The van der Waals surface area contributed by atoms with Gasteiger partial charge in [0.15, 0.2) is 6.29 Å². The Morgan fingerprint density at radius 3 is 1.83 bits per heavy atom. The van der Waals surface area contributed by atoms with Crippen molar-refractivity contribution in [3.63, 3.8) is 0 Å². The van der Waals surface area contributed by atoms with Gasteiger partial charge in [-0.15, -0.1) is 0 Å². The summed E-state index contributed by atoms with van der Waals surface area (Å²) in [6.45, 7) is 1.00. The molecular formula is C21H21N3. The second-order valence-electron chi connectivity index (χ2n) is 6.00. The van der Waals surface area contributed by atoms with Crippen LogP contribution in [0, 0.1) is 0 Å². The van der Waals surface area contributed by atoms with Gasteiger partial charge in [-0.25, -0.2) is 0 Å². The summed E-state index contributed by atoms with van der Waals surface area (Å²) in [6.07, 6.45) is 1.08. The number of fused-ring (bicyclic) bond motifs is 1. The smallest absolute Gasteiger partial charge is 0.176 e. The second kappa shape index (κ2) is 6.67. The fraction of sp³-hybridized carbons (Fsp3) is 0.143. The Bertz CT molecular complexity index is 745. The van der Waals surface area contributed by atoms with E-state index in [1.807, 2.05) is 12.1 Å². The molecule has 0 fully saturated rings. The van der Waals surface area contributed by atoms with E-state index in [0.717, 1.165) is 24.3 Å². The van der Waals surface area contributed by atoms with E-state index in [1.165, 1.54) is 11.3 Å². The predicted octanol–water partition coefficient (Wildman–Crippen LogP) is 4.56. The molecule has 0 saturated heterocycles. The maximum atomic E-state index is 3.63. The Balaban J connectivity index is 1.63. The highest BCUT2D eigenvalue weighted by Gasteiger charge is 2.25. The van der Waals surface area contributed by atoms with Gasteiger partial charge in [-0.3, -0.25) is 0 Å². The van der Waals surface area contributed by atoms with Crippen LogP contribution in [-0.4, -0.2) is 12.8 Å². The van der Waals surface area contributed by atoms with Crippen molar-refractivity contribution < 1.29 is 0 Å². The number of anilines is 3. The minimum absolute atomic E-state index is 0.00144. The molecule has 0 aromatic heterocycles. The molecule has 3 nitrogen and oxygen atoms in total. The van der Waals surface area contributed by atoms with Gasteiger partial charge >= 0.3 is 0 Å². The molecule has 0 saturated carbocycles. The van der Waals surface area contributed by atoms with E-state index in [-0.39, 0.29) is 6.29 Å². The lowest BCUT2D eigenvalue weighted by Crippen LogP contribution is -2.45. The summed E-state index contributed by atoms with van der Waals surface area (Å²) in [5.41, 5.74) is 4.92. The molecule has 0 aliphatic carbocycles. The molecule has 120 valence electrons. The molecule has 0 amide bonds. The molecule has 3 aromatic carbocycles. The fourth-order valence-electron chi connectivity index (χ4n) is 3.21. The van der Waals surface area contributed by atoms with Crippen molar-refractivity contribution in [3.8, 4) is 0 Å². The van der Waals surface area contributed by atoms with Crippen molar-refractivity contribution in [2.45, 2.75) is 12.7 Å². The zero-order chi connectivity index (χ0) is 16.2. The van der Waals surface area contributed by atoms with Crippen LogP contribution in [0.1, 0.15) is 5.56 Å². The Hall–Kier alpha value is -2.94. The highest BCUT2D eigenvalue weighted by molar-refractivity contribution is 5.62. The summed E-state index contributed by atoms with van der Waals surface area (Å²) >= 11 is 0. The van der Waals surface area contributed by atoms with Crippen LogP contribution in [0.4, 0.5) is 17.1 Å². The molecule has 0 atom stereocenters. The minimum atomic E-state index is -0.00144. The van der Waals surface area contributed by atoms with E-state index < -0.39 is 0 Å². The molecule has 3 heteroatoms. The third-order valence-corrected chi connectivity index (χ3v) is 4.39. The fourth-order valence-corrected chi connectivity index (χ4v) is 3.21. The lowest BCUT2D eigenvalue weighted by atomic mass is 10.2. The molecule has 3 aromatic rings. The molecule has 0 bridgehead atoms. The maximum absolute atomic E-state index is 3.63. The van der Waals surface area contributed by atoms with E-state index in [0.29, 0.717) is 0 Å². The third-order valence-electron chi connectivity index (χ3n) is 4.39. The minimum Gasteiger partial charge on any atom is -0.348 e. The molecular weight excluding hydrogens is 294 g/mol. The van der Waals surface area contributed by atoms with E-state index in [4.69, 9.17) is 0 Å². The van der Waals surface area contributed by atoms with Crippen molar-refractivity contribution in [2.75, 3.05) is 22.1 Å². The summed E-state index contributed by atoms with van der Waals surface area (Å²) in [5.74, 6) is 0. The largest absolute Gasteiger partial charge is 0.348 e. The van der Waals surface area contributed by atoms with Gasteiger partial charge < -0.3 is 15.5 Å². The van der Waals surface area contributed by atoms with E-state index in [2.05, 4.69) is 88.3 Å². The van der Waals surface area contributed by atoms with Crippen LogP contribution < -0.4 is 15.5 Å². The van der Waals surface area contributed by atoms with Gasteiger partial charge in [0.2, 0.25) is 0 Å². The average Bonchev–Trinajstić information content (AvgIpc) is 3.07. The van der Waals surface area contributed by atoms with Crippen molar-refractivity contribution in [2.24, 2.45) is 0 Å². The van der Waals surface area contributed by atoms with Gasteiger partial charge in [-0.2, -0.15) is 0 Å². The Morgan fingerprint density at radius 1 is 0.667 bits per heavy atom. The van der Waals surface area contributed by atoms with Crippen LogP contribution in [0.25, 0.3) is 0 Å². The Kier molecular flexibility index (Phi) is 4.07.